The van der Waals surface area contributed by atoms with Gasteiger partial charge in [0.25, 0.3) is 0 Å². The number of piperazine rings is 1. The lowest BCUT2D eigenvalue weighted by atomic mass is 9.91. The minimum atomic E-state index is 0.441. The van der Waals surface area contributed by atoms with E-state index >= 15 is 0 Å². The Morgan fingerprint density at radius 2 is 1.13 bits per heavy atom. The Balaban J connectivity index is 1.96. The summed E-state index contributed by atoms with van der Waals surface area (Å²) in [4.78, 5) is 5.23. The van der Waals surface area contributed by atoms with Gasteiger partial charge < -0.3 is 14.5 Å². The molecule has 0 amide bonds. The summed E-state index contributed by atoms with van der Waals surface area (Å²) in [6.45, 7) is 23.2. The van der Waals surface area contributed by atoms with Crippen molar-refractivity contribution in [2.45, 2.75) is 67.2 Å². The van der Waals surface area contributed by atoms with E-state index in [1.165, 1.54) is 65.0 Å². The summed E-state index contributed by atoms with van der Waals surface area (Å²) in [5, 5.41) is 0. The molecule has 0 aromatic heterocycles. The van der Waals surface area contributed by atoms with E-state index < -0.39 is 0 Å². The maximum Gasteiger partial charge on any atom is 0.0478 e. The molecule has 0 aromatic rings. The first kappa shape index (κ1) is 20.9. The zero-order valence-electron chi connectivity index (χ0n) is 16.8. The Labute approximate surface area is 145 Å². The monoisotopic (exact) mass is 326 g/mol. The molecule has 1 rings (SSSR count). The van der Waals surface area contributed by atoms with Crippen molar-refractivity contribution in [2.75, 3.05) is 52.5 Å². The third kappa shape index (κ3) is 12.0. The zero-order valence-corrected chi connectivity index (χ0v) is 16.8. The normalized spacial score (nSPS) is 18.5. The van der Waals surface area contributed by atoms with Gasteiger partial charge in [-0.15, -0.1) is 0 Å². The highest BCUT2D eigenvalue weighted by molar-refractivity contribution is 4.74. The Morgan fingerprint density at radius 1 is 0.652 bits per heavy atom. The summed E-state index contributed by atoms with van der Waals surface area (Å²) in [6.07, 6.45) is 4.92. The van der Waals surface area contributed by atoms with Crippen molar-refractivity contribution in [1.82, 2.24) is 9.80 Å². The van der Waals surface area contributed by atoms with Crippen LogP contribution in [0.2, 0.25) is 0 Å². The number of hydrogen-bond acceptors (Lipinski definition) is 3. The van der Waals surface area contributed by atoms with Crippen LogP contribution in [0.3, 0.4) is 0 Å². The molecule has 0 bridgehead atoms. The van der Waals surface area contributed by atoms with Gasteiger partial charge in [0, 0.05) is 45.9 Å². The highest BCUT2D eigenvalue weighted by Crippen LogP contribution is 2.20. The molecule has 3 heteroatoms. The predicted octanol–water partition coefficient (Wildman–Crippen LogP) is 4.27. The van der Waals surface area contributed by atoms with Crippen molar-refractivity contribution in [3.8, 4) is 0 Å². The molecule has 0 radical (unpaired) electrons. The van der Waals surface area contributed by atoms with Crippen molar-refractivity contribution >= 4 is 0 Å². The average Bonchev–Trinajstić information content (AvgIpc) is 2.43. The van der Waals surface area contributed by atoms with Gasteiger partial charge in [0.1, 0.15) is 0 Å². The van der Waals surface area contributed by atoms with E-state index in [9.17, 15) is 0 Å². The van der Waals surface area contributed by atoms with E-state index in [1.807, 2.05) is 0 Å². The highest BCUT2D eigenvalue weighted by Gasteiger charge is 2.18. The minimum absolute atomic E-state index is 0.441. The van der Waals surface area contributed by atoms with E-state index in [2.05, 4.69) is 51.3 Å². The van der Waals surface area contributed by atoms with Gasteiger partial charge in [-0.05, 0) is 43.1 Å². The lowest BCUT2D eigenvalue weighted by Gasteiger charge is -2.36. The van der Waals surface area contributed by atoms with Crippen LogP contribution in [0.5, 0.6) is 0 Å². The maximum atomic E-state index is 5.78. The fourth-order valence-corrected chi connectivity index (χ4v) is 2.93. The van der Waals surface area contributed by atoms with Crippen LogP contribution in [0, 0.1) is 10.8 Å². The molecule has 0 spiro atoms. The van der Waals surface area contributed by atoms with Gasteiger partial charge in [0.2, 0.25) is 0 Å². The number of ether oxygens (including phenoxy) is 1. The van der Waals surface area contributed by atoms with Gasteiger partial charge in [-0.2, -0.15) is 0 Å². The van der Waals surface area contributed by atoms with Gasteiger partial charge in [-0.1, -0.05) is 41.5 Å². The second-order valence-corrected chi connectivity index (χ2v) is 9.62. The van der Waals surface area contributed by atoms with Crippen molar-refractivity contribution in [3.05, 3.63) is 0 Å². The molecule has 0 aliphatic carbocycles. The second kappa shape index (κ2) is 10.0. The standard InChI is InChI=1S/C20H42N2O/c1-19(2,3)9-7-17-23-18-8-11-21-13-15-22(16-14-21)12-10-20(4,5)6/h7-18H2,1-6H3. The van der Waals surface area contributed by atoms with E-state index in [0.717, 1.165) is 13.2 Å². The van der Waals surface area contributed by atoms with Crippen LogP contribution in [0.4, 0.5) is 0 Å². The third-order valence-electron chi connectivity index (χ3n) is 4.62. The molecule has 1 aliphatic rings. The summed E-state index contributed by atoms with van der Waals surface area (Å²) < 4.78 is 5.78. The molecule has 0 aromatic carbocycles. The van der Waals surface area contributed by atoms with Crippen molar-refractivity contribution in [2.24, 2.45) is 10.8 Å². The van der Waals surface area contributed by atoms with Crippen LogP contribution >= 0.6 is 0 Å². The minimum Gasteiger partial charge on any atom is -0.381 e. The first-order valence-corrected chi connectivity index (χ1v) is 9.68. The fourth-order valence-electron chi connectivity index (χ4n) is 2.93. The first-order chi connectivity index (χ1) is 10.7. The Kier molecular flexibility index (Phi) is 9.10. The van der Waals surface area contributed by atoms with Crippen LogP contribution in [0.1, 0.15) is 67.2 Å². The quantitative estimate of drug-likeness (QED) is 0.588. The number of nitrogens with zero attached hydrogens (tertiary/aromatic N) is 2. The second-order valence-electron chi connectivity index (χ2n) is 9.62. The van der Waals surface area contributed by atoms with Crippen LogP contribution in [0.25, 0.3) is 0 Å². The van der Waals surface area contributed by atoms with Crippen LogP contribution < -0.4 is 0 Å². The Morgan fingerprint density at radius 3 is 1.65 bits per heavy atom. The SMILES string of the molecule is CC(C)(C)CCCOCCCN1CCN(CCC(C)(C)C)CC1. The molecule has 0 atom stereocenters. The molecule has 23 heavy (non-hydrogen) atoms. The number of rotatable bonds is 9. The molecule has 1 aliphatic heterocycles. The zero-order chi connectivity index (χ0) is 17.3. The van der Waals surface area contributed by atoms with Gasteiger partial charge in [0.05, 0.1) is 0 Å². The van der Waals surface area contributed by atoms with E-state index in [4.69, 9.17) is 4.74 Å². The van der Waals surface area contributed by atoms with Crippen molar-refractivity contribution in [1.29, 1.82) is 0 Å². The summed E-state index contributed by atoms with van der Waals surface area (Å²) in [5.74, 6) is 0. The smallest absolute Gasteiger partial charge is 0.0478 e. The lowest BCUT2D eigenvalue weighted by molar-refractivity contribution is 0.0908. The molecule has 0 saturated carbocycles. The molecule has 3 nitrogen and oxygen atoms in total. The van der Waals surface area contributed by atoms with Crippen LogP contribution in [-0.2, 0) is 4.74 Å². The molecular formula is C20H42N2O. The first-order valence-electron chi connectivity index (χ1n) is 9.68. The molecule has 1 heterocycles. The predicted molar refractivity (Wildman–Crippen MR) is 101 cm³/mol. The Hall–Kier alpha value is -0.120. The molecule has 1 saturated heterocycles. The van der Waals surface area contributed by atoms with Gasteiger partial charge in [-0.3, -0.25) is 0 Å². The number of hydrogen-bond donors (Lipinski definition) is 0. The topological polar surface area (TPSA) is 15.7 Å². The summed E-state index contributed by atoms with van der Waals surface area (Å²) in [5.41, 5.74) is 0.900. The van der Waals surface area contributed by atoms with E-state index in [1.54, 1.807) is 0 Å². The summed E-state index contributed by atoms with van der Waals surface area (Å²) in [7, 11) is 0. The van der Waals surface area contributed by atoms with Gasteiger partial charge in [-0.25, -0.2) is 0 Å². The summed E-state index contributed by atoms with van der Waals surface area (Å²) in [6, 6.07) is 0. The molecule has 0 unspecified atom stereocenters. The van der Waals surface area contributed by atoms with E-state index in [0.29, 0.717) is 10.8 Å². The lowest BCUT2D eigenvalue weighted by Crippen LogP contribution is -2.47. The van der Waals surface area contributed by atoms with Crippen LogP contribution in [-0.4, -0.2) is 62.3 Å². The Bertz CT molecular complexity index is 296. The molecule has 1 fully saturated rings. The van der Waals surface area contributed by atoms with E-state index in [-0.39, 0.29) is 0 Å². The third-order valence-corrected chi connectivity index (χ3v) is 4.62. The largest absolute Gasteiger partial charge is 0.381 e. The molecule has 0 N–H and O–H groups in total. The van der Waals surface area contributed by atoms with Crippen molar-refractivity contribution < 1.29 is 4.74 Å². The van der Waals surface area contributed by atoms with Gasteiger partial charge >= 0.3 is 0 Å². The van der Waals surface area contributed by atoms with Crippen molar-refractivity contribution in [3.63, 3.8) is 0 Å². The fraction of sp³-hybridized carbons (Fsp3) is 1.00. The van der Waals surface area contributed by atoms with Gasteiger partial charge in [0.15, 0.2) is 0 Å². The van der Waals surface area contributed by atoms with Crippen LogP contribution in [0.15, 0.2) is 0 Å². The highest BCUT2D eigenvalue weighted by atomic mass is 16.5. The maximum absolute atomic E-state index is 5.78. The molecule has 138 valence electrons. The summed E-state index contributed by atoms with van der Waals surface area (Å²) >= 11 is 0. The molecular weight excluding hydrogens is 284 g/mol. The average molecular weight is 327 g/mol.